The molecule has 4 heterocycles. The number of H-pyrrole nitrogens is 1. The van der Waals surface area contributed by atoms with Crippen LogP contribution in [0.2, 0.25) is 0 Å². The van der Waals surface area contributed by atoms with E-state index in [1.807, 2.05) is 36.0 Å². The number of fused-ring (bicyclic) bond motifs is 2. The lowest BCUT2D eigenvalue weighted by Gasteiger charge is -2.33. The first-order chi connectivity index (χ1) is 13.1. The zero-order valence-electron chi connectivity index (χ0n) is 15.2. The van der Waals surface area contributed by atoms with E-state index >= 15 is 0 Å². The largest absolute Gasteiger partial charge is 0.390 e. The fourth-order valence-electron chi connectivity index (χ4n) is 3.86. The summed E-state index contributed by atoms with van der Waals surface area (Å²) in [5.41, 5.74) is 3.36. The van der Waals surface area contributed by atoms with Gasteiger partial charge in [-0.25, -0.2) is 9.97 Å². The van der Waals surface area contributed by atoms with Crippen molar-refractivity contribution in [3.63, 3.8) is 0 Å². The van der Waals surface area contributed by atoms with Crippen molar-refractivity contribution in [3.8, 4) is 11.1 Å². The molecule has 0 bridgehead atoms. The topological polar surface area (TPSA) is 91.1 Å². The molecule has 0 aliphatic heterocycles. The summed E-state index contributed by atoms with van der Waals surface area (Å²) in [6.07, 6.45) is 13.1. The van der Waals surface area contributed by atoms with E-state index in [1.165, 1.54) is 0 Å². The third-order valence-corrected chi connectivity index (χ3v) is 5.53. The molecule has 0 spiro atoms. The molecule has 0 aromatic carbocycles. The second-order valence-corrected chi connectivity index (χ2v) is 7.68. The highest BCUT2D eigenvalue weighted by atomic mass is 16.3. The van der Waals surface area contributed by atoms with Crippen LogP contribution in [0.15, 0.2) is 43.1 Å². The minimum atomic E-state index is -0.534. The molecule has 1 saturated carbocycles. The van der Waals surface area contributed by atoms with E-state index in [2.05, 4.69) is 37.5 Å². The molecule has 5 rings (SSSR count). The molecule has 4 aromatic rings. The fraction of sp³-hybridized carbons (Fsp3) is 0.350. The van der Waals surface area contributed by atoms with Crippen molar-refractivity contribution in [2.45, 2.75) is 44.2 Å². The molecule has 0 atom stereocenters. The minimum Gasteiger partial charge on any atom is -0.390 e. The number of hydrogen-bond acceptors (Lipinski definition) is 5. The number of pyridine rings is 1. The number of rotatable bonds is 3. The van der Waals surface area contributed by atoms with Crippen molar-refractivity contribution in [3.05, 3.63) is 43.1 Å². The van der Waals surface area contributed by atoms with E-state index in [4.69, 9.17) is 0 Å². The van der Waals surface area contributed by atoms with E-state index in [1.54, 1.807) is 6.20 Å². The van der Waals surface area contributed by atoms with Crippen LogP contribution >= 0.6 is 0 Å². The highest BCUT2D eigenvalue weighted by Gasteiger charge is 2.28. The van der Waals surface area contributed by atoms with E-state index in [0.717, 1.165) is 53.5 Å². The molecule has 0 amide bonds. The molecular weight excluding hydrogens is 340 g/mol. The second kappa shape index (κ2) is 6.06. The third kappa shape index (κ3) is 3.04. The van der Waals surface area contributed by atoms with Gasteiger partial charge in [-0.3, -0.25) is 0 Å². The number of aliphatic hydroxyl groups is 1. The zero-order valence-corrected chi connectivity index (χ0v) is 15.2. The lowest BCUT2D eigenvalue weighted by atomic mass is 9.84. The maximum atomic E-state index is 10.1. The number of hydrogen-bond donors (Lipinski definition) is 3. The number of aromatic amines is 1. The number of nitrogens with one attached hydrogen (secondary N) is 2. The van der Waals surface area contributed by atoms with Crippen molar-refractivity contribution < 1.29 is 5.11 Å². The first-order valence-electron chi connectivity index (χ1n) is 9.34. The summed E-state index contributed by atoms with van der Waals surface area (Å²) in [5, 5.41) is 14.5. The van der Waals surface area contributed by atoms with Gasteiger partial charge in [0.05, 0.1) is 5.60 Å². The van der Waals surface area contributed by atoms with Gasteiger partial charge in [-0.15, -0.1) is 0 Å². The molecule has 27 heavy (non-hydrogen) atoms. The smallest absolute Gasteiger partial charge is 0.224 e. The molecule has 0 saturated heterocycles. The number of nitrogens with zero attached hydrogens (tertiary/aromatic N) is 4. The Balaban J connectivity index is 1.41. The van der Waals surface area contributed by atoms with E-state index in [0.29, 0.717) is 12.0 Å². The number of imidazole rings is 1. The fourth-order valence-corrected chi connectivity index (χ4v) is 3.86. The van der Waals surface area contributed by atoms with E-state index in [-0.39, 0.29) is 0 Å². The standard InChI is InChI=1S/C20H22N6O/c1-20(27)6-4-14(5-7-20)24-19-23-11-16-15(10-22-18(16)25-19)13-2-3-17-21-8-9-26(17)12-13/h2-3,8-12,14,27H,4-7H2,1H3,(H2,22,23,24,25)/t14-,20+. The van der Waals surface area contributed by atoms with Crippen molar-refractivity contribution in [1.82, 2.24) is 24.3 Å². The highest BCUT2D eigenvalue weighted by molar-refractivity contribution is 5.93. The van der Waals surface area contributed by atoms with Crippen LogP contribution in [0.5, 0.6) is 0 Å². The maximum absolute atomic E-state index is 10.1. The monoisotopic (exact) mass is 362 g/mol. The van der Waals surface area contributed by atoms with E-state index in [9.17, 15) is 5.11 Å². The van der Waals surface area contributed by atoms with Gasteiger partial charge >= 0.3 is 0 Å². The summed E-state index contributed by atoms with van der Waals surface area (Å²) in [5.74, 6) is 0.632. The molecular formula is C20H22N6O. The summed E-state index contributed by atoms with van der Waals surface area (Å²) in [7, 11) is 0. The molecule has 138 valence electrons. The van der Waals surface area contributed by atoms with Crippen molar-refractivity contribution in [2.75, 3.05) is 5.32 Å². The molecule has 1 aliphatic rings. The predicted molar refractivity (Wildman–Crippen MR) is 105 cm³/mol. The van der Waals surface area contributed by atoms with Crippen LogP contribution in [-0.2, 0) is 0 Å². The molecule has 7 nitrogen and oxygen atoms in total. The molecule has 3 N–H and O–H groups in total. The van der Waals surface area contributed by atoms with Crippen molar-refractivity contribution in [1.29, 1.82) is 0 Å². The second-order valence-electron chi connectivity index (χ2n) is 7.68. The third-order valence-electron chi connectivity index (χ3n) is 5.53. The summed E-state index contributed by atoms with van der Waals surface area (Å²) < 4.78 is 2.00. The normalized spacial score (nSPS) is 23.1. The summed E-state index contributed by atoms with van der Waals surface area (Å²) in [4.78, 5) is 16.7. The Labute approximate surface area is 156 Å². The maximum Gasteiger partial charge on any atom is 0.224 e. The molecule has 0 unspecified atom stereocenters. The van der Waals surface area contributed by atoms with Crippen LogP contribution in [0.3, 0.4) is 0 Å². The average molecular weight is 362 g/mol. The quantitative estimate of drug-likeness (QED) is 0.520. The van der Waals surface area contributed by atoms with Crippen LogP contribution < -0.4 is 5.32 Å². The predicted octanol–water partition coefficient (Wildman–Crippen LogP) is 3.38. The number of anilines is 1. The Bertz CT molecular complexity index is 1100. The van der Waals surface area contributed by atoms with Gasteiger partial charge in [0.15, 0.2) is 0 Å². The lowest BCUT2D eigenvalue weighted by Crippen LogP contribution is -2.36. The molecule has 4 aromatic heterocycles. The van der Waals surface area contributed by atoms with Gasteiger partial charge in [-0.1, -0.05) is 0 Å². The molecule has 0 radical (unpaired) electrons. The van der Waals surface area contributed by atoms with Gasteiger partial charge in [0.25, 0.3) is 0 Å². The first-order valence-corrected chi connectivity index (χ1v) is 9.34. The van der Waals surface area contributed by atoms with Gasteiger partial charge < -0.3 is 19.8 Å². The van der Waals surface area contributed by atoms with Crippen LogP contribution in [-0.4, -0.2) is 41.1 Å². The summed E-state index contributed by atoms with van der Waals surface area (Å²) in [6, 6.07) is 4.37. The Morgan fingerprint density at radius 2 is 2.11 bits per heavy atom. The highest BCUT2D eigenvalue weighted by Crippen LogP contribution is 2.30. The Kier molecular flexibility index (Phi) is 3.65. The average Bonchev–Trinajstić information content (AvgIpc) is 3.29. The van der Waals surface area contributed by atoms with Crippen LogP contribution in [0.4, 0.5) is 5.95 Å². The first kappa shape index (κ1) is 16.3. The zero-order chi connectivity index (χ0) is 18.4. The Morgan fingerprint density at radius 3 is 2.96 bits per heavy atom. The lowest BCUT2D eigenvalue weighted by molar-refractivity contribution is 0.0196. The van der Waals surface area contributed by atoms with Gasteiger partial charge in [0.1, 0.15) is 11.3 Å². The molecule has 1 fully saturated rings. The van der Waals surface area contributed by atoms with Gasteiger partial charge in [-0.05, 0) is 44.7 Å². The van der Waals surface area contributed by atoms with Crippen molar-refractivity contribution in [2.24, 2.45) is 0 Å². The molecule has 7 heteroatoms. The van der Waals surface area contributed by atoms with Crippen molar-refractivity contribution >= 4 is 22.6 Å². The van der Waals surface area contributed by atoms with Gasteiger partial charge in [0, 0.05) is 53.5 Å². The van der Waals surface area contributed by atoms with Gasteiger partial charge in [0.2, 0.25) is 5.95 Å². The van der Waals surface area contributed by atoms with Crippen LogP contribution in [0.25, 0.3) is 27.8 Å². The molecule has 1 aliphatic carbocycles. The Morgan fingerprint density at radius 1 is 1.26 bits per heavy atom. The van der Waals surface area contributed by atoms with Crippen LogP contribution in [0.1, 0.15) is 32.6 Å². The van der Waals surface area contributed by atoms with Gasteiger partial charge in [-0.2, -0.15) is 4.98 Å². The van der Waals surface area contributed by atoms with E-state index < -0.39 is 5.60 Å². The van der Waals surface area contributed by atoms with Crippen LogP contribution in [0, 0.1) is 0 Å². The minimum absolute atomic E-state index is 0.306. The summed E-state index contributed by atoms with van der Waals surface area (Å²) in [6.45, 7) is 1.91. The number of aromatic nitrogens is 5. The Hall–Kier alpha value is -2.93. The SMILES string of the molecule is C[C@]1(O)CC[C@@H](Nc2ncc3c(-c4ccc5nccn5c4)c[nH]c3n2)CC1. The summed E-state index contributed by atoms with van der Waals surface area (Å²) >= 11 is 0.